The van der Waals surface area contributed by atoms with Crippen molar-refractivity contribution in [1.29, 1.82) is 0 Å². The Bertz CT molecular complexity index is 1200. The Hall–Kier alpha value is -2.73. The molecule has 0 radical (unpaired) electrons. The average molecular weight is 391 g/mol. The number of para-hydroxylation sites is 1. The first-order chi connectivity index (χ1) is 13.5. The second-order valence-corrected chi connectivity index (χ2v) is 8.26. The van der Waals surface area contributed by atoms with Crippen molar-refractivity contribution in [3.05, 3.63) is 59.2 Å². The molecule has 2 aromatic carbocycles. The van der Waals surface area contributed by atoms with Gasteiger partial charge in [-0.25, -0.2) is 4.98 Å². The van der Waals surface area contributed by atoms with Crippen LogP contribution >= 0.6 is 11.8 Å². The smallest absolute Gasteiger partial charge is 0.211 e. The number of benzene rings is 2. The molecule has 1 atom stereocenters. The number of ketones is 1. The highest BCUT2D eigenvalue weighted by Gasteiger charge is 2.20. The van der Waals surface area contributed by atoms with Crippen molar-refractivity contribution in [2.45, 2.75) is 44.6 Å². The molecule has 0 saturated carbocycles. The van der Waals surface area contributed by atoms with Crippen LogP contribution in [-0.4, -0.2) is 30.8 Å². The van der Waals surface area contributed by atoms with Gasteiger partial charge < -0.3 is 4.57 Å². The predicted octanol–water partition coefficient (Wildman–Crippen LogP) is 4.98. The van der Waals surface area contributed by atoms with Gasteiger partial charge in [0.25, 0.3) is 0 Å². The Balaban J connectivity index is 1.66. The molecule has 0 saturated heterocycles. The van der Waals surface area contributed by atoms with Crippen LogP contribution in [0.15, 0.2) is 47.6 Å². The molecule has 0 aliphatic carbocycles. The van der Waals surface area contributed by atoms with E-state index in [1.54, 1.807) is 0 Å². The third-order valence-electron chi connectivity index (χ3n) is 5.11. The molecule has 0 amide bonds. The van der Waals surface area contributed by atoms with E-state index in [-0.39, 0.29) is 11.0 Å². The summed E-state index contributed by atoms with van der Waals surface area (Å²) in [7, 11) is 0. The average Bonchev–Trinajstić information content (AvgIpc) is 3.02. The van der Waals surface area contributed by atoms with E-state index in [1.165, 1.54) is 17.3 Å². The third kappa shape index (κ3) is 3.18. The molecule has 28 heavy (non-hydrogen) atoms. The van der Waals surface area contributed by atoms with Crippen LogP contribution in [0, 0.1) is 13.8 Å². The predicted molar refractivity (Wildman–Crippen MR) is 114 cm³/mol. The summed E-state index contributed by atoms with van der Waals surface area (Å²) in [5.41, 5.74) is 5.74. The summed E-state index contributed by atoms with van der Waals surface area (Å²) in [4.78, 5) is 17.6. The maximum atomic E-state index is 12.8. The van der Waals surface area contributed by atoms with Crippen LogP contribution in [0.3, 0.4) is 0 Å². The maximum absolute atomic E-state index is 12.8. The largest absolute Gasteiger partial charge is 0.324 e. The van der Waals surface area contributed by atoms with Gasteiger partial charge in [0, 0.05) is 17.5 Å². The molecule has 6 heteroatoms. The Kier molecular flexibility index (Phi) is 4.89. The summed E-state index contributed by atoms with van der Waals surface area (Å²) in [6, 6.07) is 14.0. The molecule has 0 bridgehead atoms. The summed E-state index contributed by atoms with van der Waals surface area (Å²) in [5.74, 6) is 0.0767. The molecule has 0 spiro atoms. The van der Waals surface area contributed by atoms with Crippen molar-refractivity contribution >= 4 is 39.6 Å². The third-order valence-corrected chi connectivity index (χ3v) is 6.06. The summed E-state index contributed by atoms with van der Waals surface area (Å²) >= 11 is 1.35. The van der Waals surface area contributed by atoms with Crippen LogP contribution in [-0.2, 0) is 6.54 Å². The molecule has 0 aliphatic heterocycles. The number of hydrogen-bond acceptors (Lipinski definition) is 5. The number of carbonyl (C=O) groups excluding carboxylic acids is 1. The van der Waals surface area contributed by atoms with E-state index in [0.29, 0.717) is 5.16 Å². The van der Waals surface area contributed by atoms with Gasteiger partial charge in [-0.3, -0.25) is 4.79 Å². The quantitative estimate of drug-likeness (QED) is 0.355. The zero-order valence-corrected chi connectivity index (χ0v) is 17.2. The van der Waals surface area contributed by atoms with E-state index in [2.05, 4.69) is 27.8 Å². The van der Waals surface area contributed by atoms with Gasteiger partial charge in [-0.1, -0.05) is 42.1 Å². The molecule has 5 nitrogen and oxygen atoms in total. The summed E-state index contributed by atoms with van der Waals surface area (Å²) in [5, 5.41) is 9.99. The molecule has 142 valence electrons. The molecule has 4 aromatic rings. The van der Waals surface area contributed by atoms with Gasteiger partial charge in [-0.05, 0) is 51.0 Å². The molecular weight excluding hydrogens is 368 g/mol. The van der Waals surface area contributed by atoms with Gasteiger partial charge in [0.05, 0.1) is 10.8 Å². The molecule has 2 aromatic heterocycles. The van der Waals surface area contributed by atoms with E-state index in [1.807, 2.05) is 57.2 Å². The lowest BCUT2D eigenvalue weighted by Gasteiger charge is -2.10. The number of nitrogens with zero attached hydrogens (tertiary/aromatic N) is 4. The van der Waals surface area contributed by atoms with Crippen LogP contribution in [0.4, 0.5) is 0 Å². The van der Waals surface area contributed by atoms with Crippen LogP contribution in [0.25, 0.3) is 22.1 Å². The fraction of sp³-hybridized carbons (Fsp3) is 0.273. The van der Waals surface area contributed by atoms with Crippen LogP contribution in [0.1, 0.15) is 35.3 Å². The lowest BCUT2D eigenvalue weighted by atomic mass is 10.0. The second-order valence-electron chi connectivity index (χ2n) is 6.95. The Labute approximate surface area is 168 Å². The van der Waals surface area contributed by atoms with Gasteiger partial charge in [0.2, 0.25) is 5.16 Å². The van der Waals surface area contributed by atoms with Gasteiger partial charge in [-0.15, -0.1) is 10.2 Å². The highest BCUT2D eigenvalue weighted by atomic mass is 32.2. The number of hydrogen-bond donors (Lipinski definition) is 0. The van der Waals surface area contributed by atoms with E-state index >= 15 is 0 Å². The molecule has 4 rings (SSSR count). The first-order valence-corrected chi connectivity index (χ1v) is 10.3. The zero-order valence-electron chi connectivity index (χ0n) is 16.4. The second kappa shape index (κ2) is 7.36. The molecule has 0 aliphatic rings. The minimum absolute atomic E-state index is 0.0767. The molecule has 0 unspecified atom stereocenters. The van der Waals surface area contributed by atoms with Gasteiger partial charge in [-0.2, -0.15) is 0 Å². The van der Waals surface area contributed by atoms with E-state index in [9.17, 15) is 4.79 Å². The minimum Gasteiger partial charge on any atom is -0.324 e. The summed E-state index contributed by atoms with van der Waals surface area (Å²) < 4.78 is 2.14. The number of fused-ring (bicyclic) bond motifs is 3. The number of rotatable bonds is 5. The fourth-order valence-electron chi connectivity index (χ4n) is 3.40. The standard InChI is InChI=1S/C22H22N4OS/c1-5-26-18-9-7-6-8-17(18)19-21(26)23-22(25-24-19)28-15(4)20(27)16-11-10-13(2)14(3)12-16/h6-12,15H,5H2,1-4H3/t15-/m1/s1. The van der Waals surface area contributed by atoms with Gasteiger partial charge >= 0.3 is 0 Å². The van der Waals surface area contributed by atoms with Crippen molar-refractivity contribution in [1.82, 2.24) is 19.7 Å². The van der Waals surface area contributed by atoms with Crippen molar-refractivity contribution in [3.8, 4) is 0 Å². The van der Waals surface area contributed by atoms with Crippen LogP contribution < -0.4 is 0 Å². The Morgan fingerprint density at radius 1 is 1.11 bits per heavy atom. The van der Waals surface area contributed by atoms with Crippen molar-refractivity contribution in [3.63, 3.8) is 0 Å². The molecule has 0 N–H and O–H groups in total. The highest BCUT2D eigenvalue weighted by molar-refractivity contribution is 8.00. The van der Waals surface area contributed by atoms with Gasteiger partial charge in [0.1, 0.15) is 5.52 Å². The Morgan fingerprint density at radius 3 is 2.64 bits per heavy atom. The normalized spacial score (nSPS) is 12.6. The van der Waals surface area contributed by atoms with E-state index in [0.717, 1.165) is 39.7 Å². The maximum Gasteiger partial charge on any atom is 0.211 e. The number of Topliss-reactive ketones (excluding diaryl/α,β-unsaturated/α-hetero) is 1. The van der Waals surface area contributed by atoms with Crippen molar-refractivity contribution in [2.24, 2.45) is 0 Å². The number of aromatic nitrogens is 4. The topological polar surface area (TPSA) is 60.7 Å². The number of aryl methyl sites for hydroxylation is 3. The van der Waals surface area contributed by atoms with Crippen LogP contribution in [0.5, 0.6) is 0 Å². The molecule has 2 heterocycles. The first-order valence-electron chi connectivity index (χ1n) is 9.39. The monoisotopic (exact) mass is 390 g/mol. The Morgan fingerprint density at radius 2 is 1.89 bits per heavy atom. The molecule has 0 fully saturated rings. The SMILES string of the molecule is CCn1c2ccccc2c2nnc(S[C@H](C)C(=O)c3ccc(C)c(C)c3)nc21. The summed E-state index contributed by atoms with van der Waals surface area (Å²) in [6.07, 6.45) is 0. The first kappa shape index (κ1) is 18.6. The van der Waals surface area contributed by atoms with E-state index < -0.39 is 0 Å². The fourth-order valence-corrected chi connectivity index (χ4v) is 4.19. The lowest BCUT2D eigenvalue weighted by molar-refractivity contribution is 0.0993. The van der Waals surface area contributed by atoms with E-state index in [4.69, 9.17) is 4.98 Å². The van der Waals surface area contributed by atoms with Crippen molar-refractivity contribution < 1.29 is 4.79 Å². The summed E-state index contributed by atoms with van der Waals surface area (Å²) in [6.45, 7) is 8.85. The zero-order chi connectivity index (χ0) is 19.8. The molecular formula is C22H22N4OS. The number of carbonyl (C=O) groups is 1. The minimum atomic E-state index is -0.291. The van der Waals surface area contributed by atoms with Crippen molar-refractivity contribution in [2.75, 3.05) is 0 Å². The number of thioether (sulfide) groups is 1. The van der Waals surface area contributed by atoms with Gasteiger partial charge in [0.15, 0.2) is 11.4 Å². The highest BCUT2D eigenvalue weighted by Crippen LogP contribution is 2.29. The van der Waals surface area contributed by atoms with Crippen LogP contribution in [0.2, 0.25) is 0 Å². The lowest BCUT2D eigenvalue weighted by Crippen LogP contribution is -2.14.